The summed E-state index contributed by atoms with van der Waals surface area (Å²) in [4.78, 5) is 20.5. The number of benzene rings is 1. The van der Waals surface area contributed by atoms with E-state index < -0.39 is 0 Å². The standard InChI is InChI=1S/C24H29N7O3/c1-18-4-5-22-19(13-18)14-20(24(32)25-22)15-30(7-6-29-8-11-33-12-9-29)17-23-26-27-28-31(23)16-21-3-2-10-34-21/h2-5,10,13-14H,6-9,11-12,15-17H2,1H3,(H,25,32). The fourth-order valence-electron chi connectivity index (χ4n) is 4.26. The van der Waals surface area contributed by atoms with Crippen LogP contribution in [0.25, 0.3) is 10.9 Å². The topological polar surface area (TPSA) is 105 Å². The number of hydrogen-bond donors (Lipinski definition) is 1. The normalized spacial score (nSPS) is 14.9. The lowest BCUT2D eigenvalue weighted by Gasteiger charge is -2.29. The summed E-state index contributed by atoms with van der Waals surface area (Å²) in [5, 5.41) is 13.3. The molecule has 34 heavy (non-hydrogen) atoms. The van der Waals surface area contributed by atoms with Gasteiger partial charge in [0.15, 0.2) is 5.82 Å². The number of rotatable bonds is 9. The predicted octanol–water partition coefficient (Wildman–Crippen LogP) is 1.80. The van der Waals surface area contributed by atoms with Crippen molar-refractivity contribution in [1.82, 2.24) is 35.0 Å². The largest absolute Gasteiger partial charge is 0.467 e. The molecule has 0 amide bonds. The van der Waals surface area contributed by atoms with E-state index in [1.165, 1.54) is 0 Å². The van der Waals surface area contributed by atoms with E-state index in [9.17, 15) is 4.79 Å². The zero-order chi connectivity index (χ0) is 23.3. The van der Waals surface area contributed by atoms with Crippen molar-refractivity contribution in [2.24, 2.45) is 0 Å². The predicted molar refractivity (Wildman–Crippen MR) is 126 cm³/mol. The molecule has 1 N–H and O–H groups in total. The van der Waals surface area contributed by atoms with Crippen molar-refractivity contribution >= 4 is 10.9 Å². The molecular weight excluding hydrogens is 434 g/mol. The highest BCUT2D eigenvalue weighted by Gasteiger charge is 2.18. The van der Waals surface area contributed by atoms with Crippen molar-refractivity contribution in [2.75, 3.05) is 39.4 Å². The second-order valence-corrected chi connectivity index (χ2v) is 8.71. The van der Waals surface area contributed by atoms with Crippen LogP contribution in [0.2, 0.25) is 0 Å². The molecule has 1 fully saturated rings. The number of nitrogens with one attached hydrogen (secondary N) is 1. The fraction of sp³-hybridized carbons (Fsp3) is 0.417. The summed E-state index contributed by atoms with van der Waals surface area (Å²) in [5.74, 6) is 1.51. The van der Waals surface area contributed by atoms with E-state index >= 15 is 0 Å². The first-order valence-corrected chi connectivity index (χ1v) is 11.6. The number of aromatic amines is 1. The van der Waals surface area contributed by atoms with Crippen LogP contribution in [0.4, 0.5) is 0 Å². The molecule has 4 aromatic rings. The second kappa shape index (κ2) is 10.3. The maximum Gasteiger partial charge on any atom is 0.252 e. The maximum atomic E-state index is 12.9. The molecule has 1 aliphatic rings. The van der Waals surface area contributed by atoms with Gasteiger partial charge in [-0.15, -0.1) is 5.10 Å². The molecule has 10 heteroatoms. The quantitative estimate of drug-likeness (QED) is 0.401. The van der Waals surface area contributed by atoms with Gasteiger partial charge in [-0.3, -0.25) is 14.6 Å². The monoisotopic (exact) mass is 463 g/mol. The SMILES string of the molecule is Cc1ccc2[nH]c(=O)c(CN(CCN3CCOCC3)Cc3nnnn3Cc3ccco3)cc2c1. The zero-order valence-corrected chi connectivity index (χ0v) is 19.3. The van der Waals surface area contributed by atoms with Gasteiger partial charge >= 0.3 is 0 Å². The Balaban J connectivity index is 1.37. The summed E-state index contributed by atoms with van der Waals surface area (Å²) in [5.41, 5.74) is 2.67. The smallest absolute Gasteiger partial charge is 0.252 e. The van der Waals surface area contributed by atoms with Crippen LogP contribution in [0.15, 0.2) is 51.9 Å². The molecular formula is C24H29N7O3. The first kappa shape index (κ1) is 22.5. The average molecular weight is 464 g/mol. The van der Waals surface area contributed by atoms with Gasteiger partial charge < -0.3 is 14.1 Å². The fourth-order valence-corrected chi connectivity index (χ4v) is 4.26. The van der Waals surface area contributed by atoms with Crippen LogP contribution in [0.3, 0.4) is 0 Å². The molecule has 1 saturated heterocycles. The van der Waals surface area contributed by atoms with Crippen molar-refractivity contribution in [3.8, 4) is 0 Å². The van der Waals surface area contributed by atoms with Crippen LogP contribution in [0, 0.1) is 6.92 Å². The van der Waals surface area contributed by atoms with Crippen LogP contribution in [-0.2, 0) is 24.4 Å². The lowest BCUT2D eigenvalue weighted by Crippen LogP contribution is -2.41. The van der Waals surface area contributed by atoms with E-state index in [0.717, 1.165) is 73.0 Å². The van der Waals surface area contributed by atoms with E-state index in [1.54, 1.807) is 10.9 Å². The number of aryl methyl sites for hydroxylation is 1. The Morgan fingerprint density at radius 1 is 1.15 bits per heavy atom. The number of H-pyrrole nitrogens is 1. The number of hydrogen-bond acceptors (Lipinski definition) is 8. The number of tetrazole rings is 1. The van der Waals surface area contributed by atoms with Gasteiger partial charge in [0.1, 0.15) is 12.3 Å². The maximum absolute atomic E-state index is 12.9. The molecule has 1 aromatic carbocycles. The van der Waals surface area contributed by atoms with E-state index in [0.29, 0.717) is 19.6 Å². The van der Waals surface area contributed by atoms with Gasteiger partial charge in [0.05, 0.1) is 26.0 Å². The number of furan rings is 1. The van der Waals surface area contributed by atoms with Crippen LogP contribution in [0.1, 0.15) is 22.7 Å². The molecule has 0 spiro atoms. The minimum absolute atomic E-state index is 0.0668. The van der Waals surface area contributed by atoms with E-state index in [1.807, 2.05) is 30.3 Å². The summed E-state index contributed by atoms with van der Waals surface area (Å²) in [7, 11) is 0. The van der Waals surface area contributed by atoms with Crippen molar-refractivity contribution in [3.05, 3.63) is 75.7 Å². The molecule has 4 heterocycles. The lowest BCUT2D eigenvalue weighted by molar-refractivity contribution is 0.0322. The number of aromatic nitrogens is 5. The molecule has 0 bridgehead atoms. The lowest BCUT2D eigenvalue weighted by atomic mass is 10.1. The molecule has 3 aromatic heterocycles. The summed E-state index contributed by atoms with van der Waals surface area (Å²) in [6, 6.07) is 11.8. The van der Waals surface area contributed by atoms with Gasteiger partial charge in [0, 0.05) is 43.8 Å². The van der Waals surface area contributed by atoms with Gasteiger partial charge in [0.25, 0.3) is 5.56 Å². The molecule has 0 unspecified atom stereocenters. The zero-order valence-electron chi connectivity index (χ0n) is 19.3. The van der Waals surface area contributed by atoms with Crippen LogP contribution < -0.4 is 5.56 Å². The van der Waals surface area contributed by atoms with E-state index in [-0.39, 0.29) is 5.56 Å². The number of morpholine rings is 1. The first-order valence-electron chi connectivity index (χ1n) is 11.6. The highest BCUT2D eigenvalue weighted by Crippen LogP contribution is 2.15. The first-order chi connectivity index (χ1) is 16.6. The van der Waals surface area contributed by atoms with Crippen LogP contribution >= 0.6 is 0 Å². The van der Waals surface area contributed by atoms with Crippen molar-refractivity contribution in [2.45, 2.75) is 26.6 Å². The minimum atomic E-state index is -0.0668. The third-order valence-corrected chi connectivity index (χ3v) is 6.16. The van der Waals surface area contributed by atoms with Crippen molar-refractivity contribution < 1.29 is 9.15 Å². The molecule has 5 rings (SSSR count). The molecule has 0 aliphatic carbocycles. The molecule has 0 atom stereocenters. The Morgan fingerprint density at radius 2 is 2.03 bits per heavy atom. The number of fused-ring (bicyclic) bond motifs is 1. The Morgan fingerprint density at radius 3 is 2.85 bits per heavy atom. The summed E-state index contributed by atoms with van der Waals surface area (Å²) in [6.07, 6.45) is 1.64. The van der Waals surface area contributed by atoms with Crippen LogP contribution in [-0.4, -0.2) is 74.4 Å². The number of pyridine rings is 1. The van der Waals surface area contributed by atoms with E-state index in [4.69, 9.17) is 9.15 Å². The summed E-state index contributed by atoms with van der Waals surface area (Å²) in [6.45, 7) is 8.53. The van der Waals surface area contributed by atoms with Gasteiger partial charge in [-0.2, -0.15) is 0 Å². The van der Waals surface area contributed by atoms with Gasteiger partial charge in [-0.25, -0.2) is 4.68 Å². The Kier molecular flexibility index (Phi) is 6.79. The van der Waals surface area contributed by atoms with Gasteiger partial charge in [-0.1, -0.05) is 11.6 Å². The highest BCUT2D eigenvalue weighted by atomic mass is 16.5. The van der Waals surface area contributed by atoms with Crippen molar-refractivity contribution in [1.29, 1.82) is 0 Å². The summed E-state index contributed by atoms with van der Waals surface area (Å²) < 4.78 is 12.7. The third-order valence-electron chi connectivity index (χ3n) is 6.16. The summed E-state index contributed by atoms with van der Waals surface area (Å²) >= 11 is 0. The third kappa shape index (κ3) is 5.41. The molecule has 0 saturated carbocycles. The number of ether oxygens (including phenoxy) is 1. The van der Waals surface area contributed by atoms with Gasteiger partial charge in [0.2, 0.25) is 0 Å². The minimum Gasteiger partial charge on any atom is -0.467 e. The molecule has 178 valence electrons. The second-order valence-electron chi connectivity index (χ2n) is 8.71. The Labute approximate surface area is 197 Å². The van der Waals surface area contributed by atoms with Crippen LogP contribution in [0.5, 0.6) is 0 Å². The Bertz CT molecular complexity index is 1280. The van der Waals surface area contributed by atoms with Gasteiger partial charge in [-0.05, 0) is 53.1 Å². The molecule has 0 radical (unpaired) electrons. The van der Waals surface area contributed by atoms with Crippen molar-refractivity contribution in [3.63, 3.8) is 0 Å². The average Bonchev–Trinajstić information content (AvgIpc) is 3.51. The van der Waals surface area contributed by atoms with E-state index in [2.05, 4.69) is 43.3 Å². The molecule has 1 aliphatic heterocycles. The molecule has 10 nitrogen and oxygen atoms in total. The number of nitrogens with zero attached hydrogens (tertiary/aromatic N) is 6. The Hall–Kier alpha value is -3.34. The highest BCUT2D eigenvalue weighted by molar-refractivity contribution is 5.79.